The van der Waals surface area contributed by atoms with Crippen LogP contribution in [0.3, 0.4) is 0 Å². The third kappa shape index (κ3) is 22.6. The summed E-state index contributed by atoms with van der Waals surface area (Å²) < 4.78 is 0. The second kappa shape index (κ2) is 10.8. The topological polar surface area (TPSA) is 40.1 Å². The molecule has 0 atom stereocenters. The van der Waals surface area contributed by atoms with Crippen molar-refractivity contribution in [3.8, 4) is 0 Å². The summed E-state index contributed by atoms with van der Waals surface area (Å²) >= 11 is 0.755. The number of hydrogen-bond donors (Lipinski definition) is 0. The molecule has 2 nitrogen and oxygen atoms in total. The Morgan fingerprint density at radius 3 is 1.71 bits per heavy atom. The molecule has 3 heteroatoms. The Bertz CT molecular complexity index is 145. The normalized spacial score (nSPS) is 9.00. The van der Waals surface area contributed by atoms with Gasteiger partial charge < -0.3 is 9.90 Å². The zero-order chi connectivity index (χ0) is 11.6. The van der Waals surface area contributed by atoms with E-state index in [1.54, 1.807) is 0 Å². The second-order valence-electron chi connectivity index (χ2n) is 4.07. The van der Waals surface area contributed by atoms with Crippen LogP contribution in [-0.4, -0.2) is 21.2 Å². The molecular weight excluding hydrogens is 191 g/mol. The summed E-state index contributed by atoms with van der Waals surface area (Å²) in [6, 6.07) is 0. The fourth-order valence-corrected chi connectivity index (χ4v) is 2.29. The molecule has 0 spiro atoms. The van der Waals surface area contributed by atoms with E-state index >= 15 is 0 Å². The molecule has 0 unspecified atom stereocenters. The van der Waals surface area contributed by atoms with Gasteiger partial charge in [0.05, 0.1) is 5.97 Å². The van der Waals surface area contributed by atoms with E-state index in [2.05, 4.69) is 34.3 Å². The van der Waals surface area contributed by atoms with Crippen molar-refractivity contribution in [3.05, 3.63) is 12.7 Å². The number of aliphatic carboxylic acids is 1. The number of carbonyl (C=O) groups excluding carboxylic acids is 1. The Kier molecular flexibility index (Phi) is 12.5. The third-order valence-electron chi connectivity index (χ3n) is 1.44. The van der Waals surface area contributed by atoms with Gasteiger partial charge >= 0.3 is 65.3 Å². The van der Waals surface area contributed by atoms with E-state index in [4.69, 9.17) is 9.90 Å². The molecule has 0 bridgehead atoms. The molecule has 0 fully saturated rings. The molecule has 0 N–H and O–H groups in total. The summed E-state index contributed by atoms with van der Waals surface area (Å²) in [5.41, 5.74) is 0. The van der Waals surface area contributed by atoms with Crippen LogP contribution in [-0.2, 0) is 4.79 Å². The second-order valence-corrected chi connectivity index (χ2v) is 5.59. The monoisotopic (exact) mass is 212 g/mol. The van der Waals surface area contributed by atoms with Gasteiger partial charge in [-0.2, -0.15) is 0 Å². The Morgan fingerprint density at radius 2 is 1.57 bits per heavy atom. The molecule has 0 aliphatic carbocycles. The van der Waals surface area contributed by atoms with Crippen LogP contribution in [0.2, 0.25) is 10.6 Å². The quantitative estimate of drug-likeness (QED) is 0.514. The van der Waals surface area contributed by atoms with Gasteiger partial charge in [0, 0.05) is 0 Å². The van der Waals surface area contributed by atoms with Crippen LogP contribution in [0.5, 0.6) is 0 Å². The van der Waals surface area contributed by atoms with E-state index in [1.165, 1.54) is 10.6 Å². The minimum absolute atomic E-state index is 0.722. The number of rotatable bonds is 5. The summed E-state index contributed by atoms with van der Waals surface area (Å²) in [5, 5.41) is 12.1. The molecule has 0 aliphatic rings. The van der Waals surface area contributed by atoms with Crippen molar-refractivity contribution in [2.24, 2.45) is 11.8 Å². The molecule has 0 amide bonds. The first-order valence-electron chi connectivity index (χ1n) is 5.05. The molecule has 0 aromatic carbocycles. The van der Waals surface area contributed by atoms with Crippen molar-refractivity contribution in [2.75, 3.05) is 0 Å². The maximum absolute atomic E-state index is 9.14. The van der Waals surface area contributed by atoms with Gasteiger partial charge in [0.15, 0.2) is 0 Å². The first-order valence-corrected chi connectivity index (χ1v) is 6.68. The van der Waals surface area contributed by atoms with Gasteiger partial charge in [-0.15, -0.1) is 0 Å². The fraction of sp³-hybridized carbons (Fsp3) is 0.727. The van der Waals surface area contributed by atoms with Gasteiger partial charge in [0.25, 0.3) is 0 Å². The fourth-order valence-electron chi connectivity index (χ4n) is 0.763. The summed E-state index contributed by atoms with van der Waals surface area (Å²) in [7, 11) is 0. The third-order valence-corrected chi connectivity index (χ3v) is 4.00. The molecule has 14 heavy (non-hydrogen) atoms. The van der Waals surface area contributed by atoms with E-state index in [0.717, 1.165) is 33.1 Å². The zero-order valence-electron chi connectivity index (χ0n) is 9.75. The number of carbonyl (C=O) groups is 1. The van der Waals surface area contributed by atoms with E-state index in [1.807, 2.05) is 0 Å². The molecule has 0 aromatic heterocycles. The van der Waals surface area contributed by atoms with Crippen LogP contribution >= 0.6 is 0 Å². The van der Waals surface area contributed by atoms with E-state index in [0.29, 0.717) is 0 Å². The van der Waals surface area contributed by atoms with Crippen LogP contribution in [0.1, 0.15) is 27.7 Å². The number of carboxylic acid groups (broad SMARTS) is 1. The standard InChI is InChI=1S/2C4H9.C3H4O2.Al/c2*1-4(2)3;1-2-3(4)5;/h2*4H,1H2,2-3H3;2H,1H2,(H,4,5);/q;;;+1/p-1. The molecular formula is C11H21AlO2. The maximum atomic E-state index is 9.14. The van der Waals surface area contributed by atoms with Gasteiger partial charge in [0.1, 0.15) is 0 Å². The molecule has 80 valence electrons. The van der Waals surface area contributed by atoms with Gasteiger partial charge in [0.2, 0.25) is 0 Å². The Morgan fingerprint density at radius 1 is 1.29 bits per heavy atom. The molecule has 0 radical (unpaired) electrons. The van der Waals surface area contributed by atoms with E-state index in [-0.39, 0.29) is 0 Å². The summed E-state index contributed by atoms with van der Waals surface area (Å²) in [4.78, 5) is 9.14. The molecule has 0 saturated carbocycles. The van der Waals surface area contributed by atoms with E-state index in [9.17, 15) is 0 Å². The average Bonchev–Trinajstić information content (AvgIpc) is 2.04. The first kappa shape index (κ1) is 16.2. The number of carboxylic acids is 1. The molecule has 0 rings (SSSR count). The minimum atomic E-state index is -1.23. The summed E-state index contributed by atoms with van der Waals surface area (Å²) in [5.74, 6) is 0.627. The summed E-state index contributed by atoms with van der Waals surface area (Å²) in [6.07, 6.45) is 0.722. The Labute approximate surface area is 94.1 Å². The summed E-state index contributed by atoms with van der Waals surface area (Å²) in [6.45, 7) is 12.1. The van der Waals surface area contributed by atoms with Crippen LogP contribution in [0.25, 0.3) is 0 Å². The first-order chi connectivity index (χ1) is 6.40. The van der Waals surface area contributed by atoms with Gasteiger partial charge in [-0.05, 0) is 6.08 Å². The zero-order valence-corrected chi connectivity index (χ0v) is 10.9. The van der Waals surface area contributed by atoms with Crippen molar-refractivity contribution in [1.29, 1.82) is 0 Å². The van der Waals surface area contributed by atoms with Gasteiger partial charge in [-0.1, -0.05) is 6.58 Å². The van der Waals surface area contributed by atoms with Crippen LogP contribution < -0.4 is 5.11 Å². The average molecular weight is 212 g/mol. The molecule has 0 aromatic rings. The number of hydrogen-bond acceptors (Lipinski definition) is 2. The van der Waals surface area contributed by atoms with Crippen LogP contribution in [0.4, 0.5) is 0 Å². The van der Waals surface area contributed by atoms with Gasteiger partial charge in [-0.25, -0.2) is 0 Å². The predicted octanol–water partition coefficient (Wildman–Crippen LogP) is 1.76. The van der Waals surface area contributed by atoms with Crippen molar-refractivity contribution in [1.82, 2.24) is 0 Å². The predicted molar refractivity (Wildman–Crippen MR) is 60.2 cm³/mol. The van der Waals surface area contributed by atoms with Crippen molar-refractivity contribution >= 4 is 21.2 Å². The van der Waals surface area contributed by atoms with Crippen LogP contribution in [0, 0.1) is 11.8 Å². The van der Waals surface area contributed by atoms with Crippen LogP contribution in [0.15, 0.2) is 12.7 Å². The molecule has 0 heterocycles. The molecule has 0 aliphatic heterocycles. The van der Waals surface area contributed by atoms with Crippen molar-refractivity contribution in [2.45, 2.75) is 38.3 Å². The van der Waals surface area contributed by atoms with Gasteiger partial charge in [-0.3, -0.25) is 0 Å². The SMILES string of the molecule is C=CC(=O)[O-].CC(C)[CH2][Al+][CH2]C(C)C. The Hall–Kier alpha value is -0.258. The van der Waals surface area contributed by atoms with Crippen molar-refractivity contribution < 1.29 is 9.90 Å². The van der Waals surface area contributed by atoms with E-state index < -0.39 is 5.97 Å². The Balaban J connectivity index is 0. The van der Waals surface area contributed by atoms with Crippen molar-refractivity contribution in [3.63, 3.8) is 0 Å². The molecule has 0 saturated heterocycles.